The van der Waals surface area contributed by atoms with Crippen LogP contribution in [-0.2, 0) is 10.0 Å². The number of hydrogen-bond donors (Lipinski definition) is 0. The largest absolute Gasteiger partial charge is 0.244 e. The van der Waals surface area contributed by atoms with Crippen molar-refractivity contribution in [3.8, 4) is 11.8 Å². The van der Waals surface area contributed by atoms with E-state index in [4.69, 9.17) is 0 Å². The van der Waals surface area contributed by atoms with Gasteiger partial charge in [0.15, 0.2) is 0 Å². The van der Waals surface area contributed by atoms with Gasteiger partial charge in [-0.15, -0.1) is 0 Å². The smallest absolute Gasteiger partial charge is 0.207 e. The Kier molecular flexibility index (Phi) is 4.31. The first kappa shape index (κ1) is 18.2. The van der Waals surface area contributed by atoms with Gasteiger partial charge in [0.1, 0.15) is 0 Å². The minimum atomic E-state index is -3.61. The van der Waals surface area contributed by atoms with Crippen LogP contribution in [0.25, 0.3) is 0 Å². The molecule has 2 aliphatic rings. The van der Waals surface area contributed by atoms with E-state index < -0.39 is 10.0 Å². The van der Waals surface area contributed by atoms with E-state index in [2.05, 4.69) is 17.9 Å². The maximum atomic E-state index is 13.6. The molecule has 4 heteroatoms. The molecule has 3 aromatic rings. The molecule has 0 aliphatic carbocycles. The van der Waals surface area contributed by atoms with E-state index in [1.54, 1.807) is 16.4 Å². The Balaban J connectivity index is 1.57. The van der Waals surface area contributed by atoms with Crippen molar-refractivity contribution in [1.82, 2.24) is 4.31 Å². The summed E-state index contributed by atoms with van der Waals surface area (Å²) in [5.74, 6) is 6.61. The van der Waals surface area contributed by atoms with E-state index in [-0.39, 0.29) is 18.0 Å². The maximum absolute atomic E-state index is 13.6. The lowest BCUT2D eigenvalue weighted by molar-refractivity contribution is 0.356. The molecule has 2 bridgehead atoms. The van der Waals surface area contributed by atoms with E-state index in [1.165, 1.54) is 0 Å². The molecule has 144 valence electrons. The molecule has 0 radical (unpaired) electrons. The van der Waals surface area contributed by atoms with Crippen molar-refractivity contribution < 1.29 is 8.42 Å². The Morgan fingerprint density at radius 3 is 2.24 bits per heavy atom. The highest BCUT2D eigenvalue weighted by Crippen LogP contribution is 2.58. The molecule has 0 aromatic heterocycles. The van der Waals surface area contributed by atoms with Gasteiger partial charge in [0, 0.05) is 11.5 Å². The summed E-state index contributed by atoms with van der Waals surface area (Å²) in [4.78, 5) is 0.350. The molecule has 2 heterocycles. The third kappa shape index (κ3) is 2.98. The maximum Gasteiger partial charge on any atom is 0.244 e. The number of hydrogen-bond acceptors (Lipinski definition) is 2. The van der Waals surface area contributed by atoms with E-state index in [9.17, 15) is 8.42 Å². The minimum Gasteiger partial charge on any atom is -0.207 e. The van der Waals surface area contributed by atoms with Gasteiger partial charge >= 0.3 is 0 Å². The summed E-state index contributed by atoms with van der Waals surface area (Å²) < 4.78 is 28.8. The van der Waals surface area contributed by atoms with E-state index in [1.807, 2.05) is 67.6 Å². The average Bonchev–Trinajstić information content (AvgIpc) is 3.28. The predicted molar refractivity (Wildman–Crippen MR) is 114 cm³/mol. The van der Waals surface area contributed by atoms with Gasteiger partial charge in [-0.1, -0.05) is 72.0 Å². The van der Waals surface area contributed by atoms with Crippen molar-refractivity contribution in [2.75, 3.05) is 0 Å². The van der Waals surface area contributed by atoms with Crippen LogP contribution in [0.5, 0.6) is 0 Å². The van der Waals surface area contributed by atoms with Gasteiger partial charge in [0.05, 0.1) is 17.0 Å². The molecule has 3 atom stereocenters. The van der Waals surface area contributed by atoms with Gasteiger partial charge in [-0.3, -0.25) is 0 Å². The lowest BCUT2D eigenvalue weighted by Gasteiger charge is -2.23. The molecule has 1 fully saturated rings. The Morgan fingerprint density at radius 2 is 1.52 bits per heavy atom. The number of aryl methyl sites for hydroxylation is 1. The highest BCUT2D eigenvalue weighted by atomic mass is 32.2. The van der Waals surface area contributed by atoms with Crippen LogP contribution in [0.1, 0.15) is 40.8 Å². The monoisotopic (exact) mass is 399 g/mol. The Labute approximate surface area is 172 Å². The van der Waals surface area contributed by atoms with E-state index in [0.29, 0.717) is 4.90 Å². The van der Waals surface area contributed by atoms with Crippen LogP contribution in [-0.4, -0.2) is 12.7 Å². The molecule has 0 spiro atoms. The summed E-state index contributed by atoms with van der Waals surface area (Å²) in [5.41, 5.74) is 4.21. The second kappa shape index (κ2) is 6.88. The topological polar surface area (TPSA) is 37.4 Å². The first-order chi connectivity index (χ1) is 14.1. The standard InChI is InChI=1S/C25H21NO2S/c1-18-11-15-21(16-12-18)29(27,28)26-24-17-20(14-13-19-7-3-2-4-8-19)25(26)23-10-6-5-9-22(23)24/h2-12,15-16,20,24-25H,17H2,1H3. The van der Waals surface area contributed by atoms with Crippen LogP contribution >= 0.6 is 0 Å². The van der Waals surface area contributed by atoms with Gasteiger partial charge < -0.3 is 0 Å². The van der Waals surface area contributed by atoms with Crippen LogP contribution in [0, 0.1) is 24.7 Å². The summed E-state index contributed by atoms with van der Waals surface area (Å²) in [7, 11) is -3.61. The highest BCUT2D eigenvalue weighted by molar-refractivity contribution is 7.89. The van der Waals surface area contributed by atoms with Gasteiger partial charge in [-0.25, -0.2) is 8.42 Å². The fourth-order valence-electron chi connectivity index (χ4n) is 4.53. The summed E-state index contributed by atoms with van der Waals surface area (Å²) in [6.07, 6.45) is 0.729. The molecule has 3 nitrogen and oxygen atoms in total. The SMILES string of the molecule is Cc1ccc(S(=O)(=O)N2C3CC(C#Cc4ccccc4)C2c2ccccc23)cc1. The molecule has 29 heavy (non-hydrogen) atoms. The normalized spacial score (nSPS) is 22.7. The first-order valence-electron chi connectivity index (χ1n) is 9.81. The Hall–Kier alpha value is -2.87. The number of fused-ring (bicyclic) bond motifs is 5. The quantitative estimate of drug-likeness (QED) is 0.578. The van der Waals surface area contributed by atoms with Gasteiger partial charge in [0.2, 0.25) is 10.0 Å². The number of benzene rings is 3. The zero-order valence-corrected chi connectivity index (χ0v) is 16.9. The summed E-state index contributed by atoms with van der Waals surface area (Å²) >= 11 is 0. The first-order valence-corrected chi connectivity index (χ1v) is 11.3. The molecule has 0 N–H and O–H groups in total. The van der Waals surface area contributed by atoms with E-state index >= 15 is 0 Å². The second-order valence-corrected chi connectivity index (χ2v) is 9.56. The molecule has 0 amide bonds. The Bertz CT molecular complexity index is 1220. The summed E-state index contributed by atoms with van der Waals surface area (Å²) in [5, 5.41) is 0. The second-order valence-electron chi connectivity index (χ2n) is 7.72. The van der Waals surface area contributed by atoms with Crippen LogP contribution in [0.2, 0.25) is 0 Å². The summed E-state index contributed by atoms with van der Waals surface area (Å²) in [6, 6.07) is 24.7. The van der Waals surface area contributed by atoms with Crippen molar-refractivity contribution >= 4 is 10.0 Å². The van der Waals surface area contributed by atoms with Crippen LogP contribution < -0.4 is 0 Å². The zero-order valence-electron chi connectivity index (χ0n) is 16.1. The van der Waals surface area contributed by atoms with E-state index in [0.717, 1.165) is 28.7 Å². The van der Waals surface area contributed by atoms with Crippen molar-refractivity contribution in [2.45, 2.75) is 30.3 Å². The zero-order chi connectivity index (χ0) is 20.0. The lowest BCUT2D eigenvalue weighted by atomic mass is 9.84. The van der Waals surface area contributed by atoms with Gasteiger partial charge in [-0.05, 0) is 48.7 Å². The van der Waals surface area contributed by atoms with Crippen molar-refractivity contribution in [3.05, 3.63) is 101 Å². The van der Waals surface area contributed by atoms with Crippen molar-refractivity contribution in [3.63, 3.8) is 0 Å². The molecular formula is C25H21NO2S. The molecule has 1 saturated heterocycles. The lowest BCUT2D eigenvalue weighted by Crippen LogP contribution is -2.29. The number of nitrogens with zero attached hydrogens (tertiary/aromatic N) is 1. The Morgan fingerprint density at radius 1 is 0.862 bits per heavy atom. The number of rotatable bonds is 2. The molecule has 3 unspecified atom stereocenters. The van der Waals surface area contributed by atoms with Crippen LogP contribution in [0.3, 0.4) is 0 Å². The third-order valence-electron chi connectivity index (χ3n) is 5.89. The molecular weight excluding hydrogens is 378 g/mol. The predicted octanol–water partition coefficient (Wildman–Crippen LogP) is 4.85. The third-order valence-corrected chi connectivity index (χ3v) is 7.79. The summed E-state index contributed by atoms with van der Waals surface area (Å²) in [6.45, 7) is 1.96. The van der Waals surface area contributed by atoms with Gasteiger partial charge in [0.25, 0.3) is 0 Å². The van der Waals surface area contributed by atoms with Gasteiger partial charge in [-0.2, -0.15) is 4.31 Å². The fraction of sp³-hybridized carbons (Fsp3) is 0.200. The van der Waals surface area contributed by atoms with Crippen LogP contribution in [0.4, 0.5) is 0 Å². The molecule has 0 saturated carbocycles. The average molecular weight is 400 g/mol. The van der Waals surface area contributed by atoms with Crippen molar-refractivity contribution in [1.29, 1.82) is 0 Å². The minimum absolute atomic E-state index is 0.0182. The molecule has 5 rings (SSSR count). The highest BCUT2D eigenvalue weighted by Gasteiger charge is 2.54. The number of sulfonamides is 1. The molecule has 3 aromatic carbocycles. The van der Waals surface area contributed by atoms with Crippen LogP contribution in [0.15, 0.2) is 83.8 Å². The fourth-order valence-corrected chi connectivity index (χ4v) is 6.35. The van der Waals surface area contributed by atoms with Crippen molar-refractivity contribution in [2.24, 2.45) is 5.92 Å². The molecule has 2 aliphatic heterocycles.